The Labute approximate surface area is 185 Å². The molecule has 32 heavy (non-hydrogen) atoms. The number of benzene rings is 3. The molecular formula is C26H22FNO4. The Balaban J connectivity index is 1.99. The summed E-state index contributed by atoms with van der Waals surface area (Å²) in [5.74, 6) is -2.01. The predicted molar refractivity (Wildman–Crippen MR) is 120 cm³/mol. The number of amides is 1. The number of Topliss-reactive ketones (excluding diaryl/α,β-unsaturated/α-hetero) is 1. The van der Waals surface area contributed by atoms with Gasteiger partial charge in [-0.1, -0.05) is 30.3 Å². The zero-order valence-electron chi connectivity index (χ0n) is 17.9. The summed E-state index contributed by atoms with van der Waals surface area (Å²) in [4.78, 5) is 27.8. The number of methoxy groups -OCH3 is 1. The number of aliphatic hydroxyl groups is 1. The third kappa shape index (κ3) is 3.64. The fourth-order valence-corrected chi connectivity index (χ4v) is 4.13. The van der Waals surface area contributed by atoms with Crippen LogP contribution in [0.1, 0.15) is 28.3 Å². The molecule has 0 radical (unpaired) electrons. The molecule has 1 N–H and O–H groups in total. The van der Waals surface area contributed by atoms with Gasteiger partial charge in [-0.05, 0) is 66.9 Å². The highest BCUT2D eigenvalue weighted by Crippen LogP contribution is 2.43. The van der Waals surface area contributed by atoms with Gasteiger partial charge in [0.2, 0.25) is 0 Å². The van der Waals surface area contributed by atoms with E-state index in [-0.39, 0.29) is 11.3 Å². The number of para-hydroxylation sites is 1. The molecular weight excluding hydrogens is 409 g/mol. The maximum Gasteiger partial charge on any atom is 0.300 e. The molecule has 1 fully saturated rings. The maximum absolute atomic E-state index is 13.6. The van der Waals surface area contributed by atoms with Crippen LogP contribution in [0, 0.1) is 19.7 Å². The fraction of sp³-hybridized carbons (Fsp3) is 0.154. The summed E-state index contributed by atoms with van der Waals surface area (Å²) in [5, 5.41) is 11.2. The first-order chi connectivity index (χ1) is 15.3. The lowest BCUT2D eigenvalue weighted by Gasteiger charge is -2.26. The lowest BCUT2D eigenvalue weighted by molar-refractivity contribution is -0.132. The Morgan fingerprint density at radius 1 is 0.969 bits per heavy atom. The molecule has 1 saturated heterocycles. The van der Waals surface area contributed by atoms with Gasteiger partial charge in [-0.3, -0.25) is 14.5 Å². The molecule has 1 amide bonds. The molecule has 6 heteroatoms. The largest absolute Gasteiger partial charge is 0.507 e. The van der Waals surface area contributed by atoms with Crippen molar-refractivity contribution < 1.29 is 23.8 Å². The quantitative estimate of drug-likeness (QED) is 0.356. The van der Waals surface area contributed by atoms with Crippen LogP contribution in [0.25, 0.3) is 5.76 Å². The van der Waals surface area contributed by atoms with Gasteiger partial charge < -0.3 is 9.84 Å². The number of hydrogen-bond acceptors (Lipinski definition) is 4. The predicted octanol–water partition coefficient (Wildman–Crippen LogP) is 5.08. The molecule has 0 aromatic heterocycles. The average molecular weight is 431 g/mol. The second-order valence-electron chi connectivity index (χ2n) is 7.77. The monoisotopic (exact) mass is 431 g/mol. The number of anilines is 1. The van der Waals surface area contributed by atoms with E-state index >= 15 is 0 Å². The maximum atomic E-state index is 13.6. The van der Waals surface area contributed by atoms with Gasteiger partial charge in [0, 0.05) is 5.69 Å². The smallest absolute Gasteiger partial charge is 0.300 e. The van der Waals surface area contributed by atoms with E-state index in [1.54, 1.807) is 36.4 Å². The van der Waals surface area contributed by atoms with Crippen LogP contribution in [-0.4, -0.2) is 23.9 Å². The first kappa shape index (κ1) is 21.3. The van der Waals surface area contributed by atoms with Gasteiger partial charge in [0.05, 0.1) is 24.3 Å². The van der Waals surface area contributed by atoms with Crippen molar-refractivity contribution in [3.63, 3.8) is 0 Å². The Kier molecular flexibility index (Phi) is 5.53. The zero-order chi connectivity index (χ0) is 23.0. The summed E-state index contributed by atoms with van der Waals surface area (Å²) in [6, 6.07) is 16.9. The molecule has 1 aliphatic rings. The molecule has 1 aliphatic heterocycles. The topological polar surface area (TPSA) is 66.8 Å². The molecule has 4 rings (SSSR count). The average Bonchev–Trinajstić information content (AvgIpc) is 3.03. The highest BCUT2D eigenvalue weighted by atomic mass is 19.1. The summed E-state index contributed by atoms with van der Waals surface area (Å²) in [6.45, 7) is 3.80. The van der Waals surface area contributed by atoms with Gasteiger partial charge in [0.15, 0.2) is 0 Å². The van der Waals surface area contributed by atoms with Crippen LogP contribution in [0.5, 0.6) is 5.75 Å². The van der Waals surface area contributed by atoms with Crippen molar-refractivity contribution in [2.45, 2.75) is 19.9 Å². The van der Waals surface area contributed by atoms with Crippen molar-refractivity contribution in [3.05, 3.63) is 100 Å². The summed E-state index contributed by atoms with van der Waals surface area (Å²) in [6.07, 6.45) is 0. The van der Waals surface area contributed by atoms with Gasteiger partial charge >= 0.3 is 0 Å². The van der Waals surface area contributed by atoms with Gasteiger partial charge in [-0.2, -0.15) is 0 Å². The Morgan fingerprint density at radius 2 is 1.59 bits per heavy atom. The number of carbonyl (C=O) groups is 2. The van der Waals surface area contributed by atoms with Crippen LogP contribution in [-0.2, 0) is 9.59 Å². The molecule has 1 atom stereocenters. The van der Waals surface area contributed by atoms with Crippen molar-refractivity contribution in [2.24, 2.45) is 0 Å². The summed E-state index contributed by atoms with van der Waals surface area (Å²) >= 11 is 0. The summed E-state index contributed by atoms with van der Waals surface area (Å²) in [5.41, 5.74) is 3.08. The first-order valence-electron chi connectivity index (χ1n) is 10.1. The minimum Gasteiger partial charge on any atom is -0.507 e. The fourth-order valence-electron chi connectivity index (χ4n) is 4.13. The third-order valence-electron chi connectivity index (χ3n) is 5.48. The summed E-state index contributed by atoms with van der Waals surface area (Å²) in [7, 11) is 1.46. The number of aryl methyl sites for hydroxylation is 2. The lowest BCUT2D eigenvalue weighted by Crippen LogP contribution is -2.29. The second kappa shape index (κ2) is 8.30. The van der Waals surface area contributed by atoms with Gasteiger partial charge in [-0.25, -0.2) is 4.39 Å². The van der Waals surface area contributed by atoms with Crippen molar-refractivity contribution in [2.75, 3.05) is 12.0 Å². The number of halogens is 1. The number of ether oxygens (including phenoxy) is 1. The molecule has 1 heterocycles. The Morgan fingerprint density at radius 3 is 2.22 bits per heavy atom. The number of nitrogens with zero attached hydrogens (tertiary/aromatic N) is 1. The molecule has 0 aliphatic carbocycles. The van der Waals surface area contributed by atoms with Crippen molar-refractivity contribution in [3.8, 4) is 5.75 Å². The van der Waals surface area contributed by atoms with Gasteiger partial charge in [0.25, 0.3) is 11.7 Å². The van der Waals surface area contributed by atoms with E-state index in [2.05, 4.69) is 0 Å². The van der Waals surface area contributed by atoms with Crippen LogP contribution in [0.2, 0.25) is 0 Å². The van der Waals surface area contributed by atoms with Gasteiger partial charge in [-0.15, -0.1) is 0 Å². The molecule has 3 aromatic rings. The SMILES string of the molecule is COc1ccccc1/C(O)=C1\C(=O)C(=O)N(c2cc(C)cc(C)c2)C1c1ccc(F)cc1. The molecule has 1 unspecified atom stereocenters. The van der Waals surface area contributed by atoms with E-state index in [0.717, 1.165) is 11.1 Å². The van der Waals surface area contributed by atoms with Crippen LogP contribution in [0.3, 0.4) is 0 Å². The van der Waals surface area contributed by atoms with E-state index < -0.39 is 23.5 Å². The number of carbonyl (C=O) groups excluding carboxylic acids is 2. The first-order valence-corrected chi connectivity index (χ1v) is 10.1. The van der Waals surface area contributed by atoms with Gasteiger partial charge in [0.1, 0.15) is 17.3 Å². The van der Waals surface area contributed by atoms with E-state index in [0.29, 0.717) is 22.6 Å². The number of aliphatic hydroxyl groups excluding tert-OH is 1. The van der Waals surface area contributed by atoms with E-state index in [1.165, 1.54) is 36.3 Å². The number of rotatable bonds is 4. The number of hydrogen-bond donors (Lipinski definition) is 1. The summed E-state index contributed by atoms with van der Waals surface area (Å²) < 4.78 is 19.0. The van der Waals surface area contributed by atoms with Crippen molar-refractivity contribution in [1.82, 2.24) is 0 Å². The van der Waals surface area contributed by atoms with Crippen LogP contribution in [0.4, 0.5) is 10.1 Å². The Hall–Kier alpha value is -3.93. The van der Waals surface area contributed by atoms with Crippen LogP contribution in [0.15, 0.2) is 72.3 Å². The molecule has 162 valence electrons. The third-order valence-corrected chi connectivity index (χ3v) is 5.48. The standard InChI is InChI=1S/C26H22FNO4/c1-15-12-16(2)14-19(13-15)28-23(17-8-10-18(27)11-9-17)22(25(30)26(28)31)24(29)20-6-4-5-7-21(20)32-3/h4-14,23,29H,1-3H3/b24-22+. The highest BCUT2D eigenvalue weighted by molar-refractivity contribution is 6.51. The molecule has 0 spiro atoms. The molecule has 0 bridgehead atoms. The van der Waals surface area contributed by atoms with Crippen LogP contribution >= 0.6 is 0 Å². The van der Waals surface area contributed by atoms with E-state index in [4.69, 9.17) is 4.74 Å². The minimum absolute atomic E-state index is 0.0785. The minimum atomic E-state index is -0.929. The van der Waals surface area contributed by atoms with Crippen molar-refractivity contribution in [1.29, 1.82) is 0 Å². The number of ketones is 1. The highest BCUT2D eigenvalue weighted by Gasteiger charge is 2.47. The molecule has 5 nitrogen and oxygen atoms in total. The van der Waals surface area contributed by atoms with E-state index in [9.17, 15) is 19.1 Å². The Bertz CT molecular complexity index is 1230. The van der Waals surface area contributed by atoms with Crippen LogP contribution < -0.4 is 9.64 Å². The normalized spacial score (nSPS) is 17.6. The lowest BCUT2D eigenvalue weighted by atomic mass is 9.94. The zero-order valence-corrected chi connectivity index (χ0v) is 17.9. The second-order valence-corrected chi connectivity index (χ2v) is 7.77. The van der Waals surface area contributed by atoms with E-state index in [1.807, 2.05) is 19.9 Å². The molecule has 3 aromatic carbocycles. The molecule has 0 saturated carbocycles. The van der Waals surface area contributed by atoms with Crippen molar-refractivity contribution >= 4 is 23.1 Å².